The summed E-state index contributed by atoms with van der Waals surface area (Å²) in [4.78, 5) is 6.65. The fourth-order valence-corrected chi connectivity index (χ4v) is 5.23. The second kappa shape index (κ2) is 5.66. The minimum absolute atomic E-state index is 0.0752. The number of piperidine rings is 1. The predicted octanol–water partition coefficient (Wildman–Crippen LogP) is 0.826. The number of hydrogen-bond donors (Lipinski definition) is 0. The number of anilines is 1. The van der Waals surface area contributed by atoms with Crippen molar-refractivity contribution in [2.45, 2.75) is 43.9 Å². The molecule has 1 saturated heterocycles. The summed E-state index contributed by atoms with van der Waals surface area (Å²) in [7, 11) is -1.38. The van der Waals surface area contributed by atoms with E-state index >= 15 is 0 Å². The van der Waals surface area contributed by atoms with Gasteiger partial charge in [0.15, 0.2) is 5.82 Å². The number of nitrogens with zero attached hydrogens (tertiary/aromatic N) is 6. The van der Waals surface area contributed by atoms with Crippen LogP contribution in [-0.2, 0) is 10.0 Å². The Morgan fingerprint density at radius 1 is 1.17 bits per heavy atom. The van der Waals surface area contributed by atoms with Gasteiger partial charge in [-0.1, -0.05) is 0 Å². The zero-order valence-corrected chi connectivity index (χ0v) is 14.8. The molecular weight excluding hydrogens is 328 g/mol. The van der Waals surface area contributed by atoms with Crippen LogP contribution in [0.25, 0.3) is 5.65 Å². The van der Waals surface area contributed by atoms with Gasteiger partial charge in [-0.15, -0.1) is 10.2 Å². The molecule has 8 nitrogen and oxygen atoms in total. The highest BCUT2D eigenvalue weighted by atomic mass is 32.2. The van der Waals surface area contributed by atoms with Crippen LogP contribution < -0.4 is 4.90 Å². The Bertz CT molecular complexity index is 852. The van der Waals surface area contributed by atoms with Crippen molar-refractivity contribution >= 4 is 21.5 Å². The van der Waals surface area contributed by atoms with Crippen LogP contribution in [0, 0.1) is 6.92 Å². The first-order chi connectivity index (χ1) is 11.5. The lowest BCUT2D eigenvalue weighted by Crippen LogP contribution is -2.46. The molecule has 0 radical (unpaired) electrons. The molecule has 130 valence electrons. The van der Waals surface area contributed by atoms with Crippen LogP contribution in [0.1, 0.15) is 31.5 Å². The maximum atomic E-state index is 12.4. The van der Waals surface area contributed by atoms with Crippen molar-refractivity contribution in [3.8, 4) is 0 Å². The number of hydrogen-bond acceptors (Lipinski definition) is 6. The molecule has 0 aromatic carbocycles. The third kappa shape index (κ3) is 2.55. The molecule has 0 bridgehead atoms. The minimum atomic E-state index is -3.11. The zero-order chi connectivity index (χ0) is 16.9. The van der Waals surface area contributed by atoms with E-state index in [1.165, 1.54) is 0 Å². The van der Waals surface area contributed by atoms with E-state index in [1.807, 2.05) is 17.5 Å². The summed E-state index contributed by atoms with van der Waals surface area (Å²) in [5.74, 6) is 1.66. The normalized spacial score (nSPS) is 20.2. The summed E-state index contributed by atoms with van der Waals surface area (Å²) >= 11 is 0. The molecular formula is C15H22N6O2S. The van der Waals surface area contributed by atoms with Gasteiger partial charge in [0.2, 0.25) is 15.7 Å². The van der Waals surface area contributed by atoms with Gasteiger partial charge in [-0.25, -0.2) is 17.7 Å². The summed E-state index contributed by atoms with van der Waals surface area (Å²) in [5, 5.41) is 8.19. The molecule has 0 amide bonds. The molecule has 0 spiro atoms. The van der Waals surface area contributed by atoms with Crippen molar-refractivity contribution in [3.63, 3.8) is 0 Å². The molecule has 0 atom stereocenters. The van der Waals surface area contributed by atoms with Crippen LogP contribution in [0.3, 0.4) is 0 Å². The Morgan fingerprint density at radius 3 is 2.54 bits per heavy atom. The molecule has 2 aromatic heterocycles. The maximum absolute atomic E-state index is 12.4. The smallest absolute Gasteiger partial charge is 0.216 e. The van der Waals surface area contributed by atoms with E-state index in [1.54, 1.807) is 17.5 Å². The van der Waals surface area contributed by atoms with E-state index in [9.17, 15) is 8.42 Å². The molecule has 24 heavy (non-hydrogen) atoms. The van der Waals surface area contributed by atoms with E-state index in [-0.39, 0.29) is 11.3 Å². The maximum Gasteiger partial charge on any atom is 0.216 e. The number of sulfonamides is 1. The second-order valence-corrected chi connectivity index (χ2v) is 8.94. The quantitative estimate of drug-likeness (QED) is 0.812. The fourth-order valence-electron chi connectivity index (χ4n) is 3.40. The first-order valence-electron chi connectivity index (χ1n) is 8.36. The van der Waals surface area contributed by atoms with Gasteiger partial charge in [0.25, 0.3) is 0 Å². The molecule has 9 heteroatoms. The van der Waals surface area contributed by atoms with E-state index in [0.717, 1.165) is 56.1 Å². The van der Waals surface area contributed by atoms with E-state index in [4.69, 9.17) is 0 Å². The van der Waals surface area contributed by atoms with Crippen LogP contribution >= 0.6 is 0 Å². The Morgan fingerprint density at radius 2 is 1.88 bits per heavy atom. The third-order valence-corrected chi connectivity index (χ3v) is 7.52. The molecule has 4 rings (SSSR count). The molecule has 2 aliphatic rings. The van der Waals surface area contributed by atoms with E-state index in [2.05, 4.69) is 20.1 Å². The van der Waals surface area contributed by atoms with Gasteiger partial charge >= 0.3 is 0 Å². The lowest BCUT2D eigenvalue weighted by Gasteiger charge is -2.36. The average molecular weight is 350 g/mol. The Kier molecular flexibility index (Phi) is 3.72. The second-order valence-electron chi connectivity index (χ2n) is 6.67. The van der Waals surface area contributed by atoms with Crippen molar-refractivity contribution in [2.75, 3.05) is 25.0 Å². The van der Waals surface area contributed by atoms with Crippen LogP contribution in [0.2, 0.25) is 0 Å². The SMILES string of the molecule is Cc1nnc2c(N3CCC(N(C)S(=O)(=O)C4CC4)CC3)nccn12. The van der Waals surface area contributed by atoms with Crippen LogP contribution in [-0.4, -0.2) is 63.7 Å². The van der Waals surface area contributed by atoms with Crippen LogP contribution in [0.5, 0.6) is 0 Å². The summed E-state index contributed by atoms with van der Waals surface area (Å²) < 4.78 is 28.3. The highest BCUT2D eigenvalue weighted by Crippen LogP contribution is 2.33. The van der Waals surface area contributed by atoms with Gasteiger partial charge in [-0.2, -0.15) is 0 Å². The molecule has 0 unspecified atom stereocenters. The molecule has 2 aromatic rings. The highest BCUT2D eigenvalue weighted by molar-refractivity contribution is 7.90. The predicted molar refractivity (Wildman–Crippen MR) is 90.5 cm³/mol. The van der Waals surface area contributed by atoms with Crippen molar-refractivity contribution < 1.29 is 8.42 Å². The molecule has 3 heterocycles. The first kappa shape index (κ1) is 15.8. The van der Waals surface area contributed by atoms with Gasteiger partial charge in [-0.3, -0.25) is 4.40 Å². The largest absolute Gasteiger partial charge is 0.353 e. The molecule has 1 aliphatic heterocycles. The molecule has 1 saturated carbocycles. The lowest BCUT2D eigenvalue weighted by atomic mass is 10.1. The Hall–Kier alpha value is -1.74. The third-order valence-electron chi connectivity index (χ3n) is 5.10. The average Bonchev–Trinajstić information content (AvgIpc) is 3.39. The van der Waals surface area contributed by atoms with Gasteiger partial charge in [0.05, 0.1) is 5.25 Å². The minimum Gasteiger partial charge on any atom is -0.353 e. The van der Waals surface area contributed by atoms with Crippen molar-refractivity contribution in [1.82, 2.24) is 23.9 Å². The fraction of sp³-hybridized carbons (Fsp3) is 0.667. The molecule has 2 fully saturated rings. The summed E-state index contributed by atoms with van der Waals surface area (Å²) in [6.07, 6.45) is 6.84. The summed E-state index contributed by atoms with van der Waals surface area (Å²) in [5.41, 5.74) is 0.757. The van der Waals surface area contributed by atoms with Crippen molar-refractivity contribution in [3.05, 3.63) is 18.2 Å². The number of fused-ring (bicyclic) bond motifs is 1. The van der Waals surface area contributed by atoms with Crippen molar-refractivity contribution in [2.24, 2.45) is 0 Å². The zero-order valence-electron chi connectivity index (χ0n) is 14.0. The highest BCUT2D eigenvalue weighted by Gasteiger charge is 2.41. The van der Waals surface area contributed by atoms with Gasteiger partial charge < -0.3 is 4.90 Å². The van der Waals surface area contributed by atoms with E-state index in [0.29, 0.717) is 0 Å². The van der Waals surface area contributed by atoms with Gasteiger partial charge in [0.1, 0.15) is 5.82 Å². The first-order valence-corrected chi connectivity index (χ1v) is 9.87. The van der Waals surface area contributed by atoms with E-state index < -0.39 is 10.0 Å². The number of aromatic nitrogens is 4. The van der Waals surface area contributed by atoms with Crippen LogP contribution in [0.15, 0.2) is 12.4 Å². The van der Waals surface area contributed by atoms with Crippen molar-refractivity contribution in [1.29, 1.82) is 0 Å². The molecule has 0 N–H and O–H groups in total. The van der Waals surface area contributed by atoms with Gasteiger partial charge in [0, 0.05) is 38.6 Å². The number of aryl methyl sites for hydroxylation is 1. The monoisotopic (exact) mass is 350 g/mol. The Labute approximate surface area is 141 Å². The number of rotatable bonds is 4. The summed E-state index contributed by atoms with van der Waals surface area (Å²) in [6, 6.07) is 0.0752. The van der Waals surface area contributed by atoms with Gasteiger partial charge in [-0.05, 0) is 32.6 Å². The topological polar surface area (TPSA) is 83.7 Å². The lowest BCUT2D eigenvalue weighted by molar-refractivity contribution is 0.311. The Balaban J connectivity index is 1.49. The van der Waals surface area contributed by atoms with Crippen LogP contribution in [0.4, 0.5) is 5.82 Å². The standard InChI is InChI=1S/C15H22N6O2S/c1-11-17-18-15-14(16-7-10-21(11)15)20-8-5-12(6-9-20)19(2)24(22,23)13-3-4-13/h7,10,12-13H,3-6,8-9H2,1-2H3. The molecule has 1 aliphatic carbocycles. The summed E-state index contributed by atoms with van der Waals surface area (Å²) in [6.45, 7) is 3.45.